The fourth-order valence-electron chi connectivity index (χ4n) is 3.30. The number of hydrogen-bond acceptors (Lipinski definition) is 2. The molecule has 1 aromatic carbocycles. The highest BCUT2D eigenvalue weighted by Crippen LogP contribution is 2.32. The number of carbonyl (C=O) groups is 1. The summed E-state index contributed by atoms with van der Waals surface area (Å²) in [5.41, 5.74) is 6.04. The minimum absolute atomic E-state index is 0.0538. The van der Waals surface area contributed by atoms with Crippen LogP contribution in [0.3, 0.4) is 0 Å². The molecule has 3 heteroatoms. The fraction of sp³-hybridized carbons (Fsp3) is 0.429. The Morgan fingerprint density at radius 1 is 1.29 bits per heavy atom. The van der Waals surface area contributed by atoms with Crippen LogP contribution in [0.1, 0.15) is 78.5 Å². The molecule has 0 saturated heterocycles. The van der Waals surface area contributed by atoms with E-state index < -0.39 is 0 Å². The van der Waals surface area contributed by atoms with Gasteiger partial charge in [-0.1, -0.05) is 38.1 Å². The van der Waals surface area contributed by atoms with Gasteiger partial charge in [0.15, 0.2) is 5.82 Å². The maximum atomic E-state index is 12.6. The van der Waals surface area contributed by atoms with Crippen LogP contribution >= 0.6 is 0 Å². The number of hydrogen-bond donors (Lipinski definition) is 1. The summed E-state index contributed by atoms with van der Waals surface area (Å²) in [7, 11) is 0. The highest BCUT2D eigenvalue weighted by Gasteiger charge is 2.17. The van der Waals surface area contributed by atoms with E-state index in [1.54, 1.807) is 6.20 Å². The van der Waals surface area contributed by atoms with E-state index in [-0.39, 0.29) is 5.78 Å². The summed E-state index contributed by atoms with van der Waals surface area (Å²) in [6.07, 6.45) is 9.23. The maximum absolute atomic E-state index is 12.6. The normalized spacial score (nSPS) is 14.8. The van der Waals surface area contributed by atoms with Crippen LogP contribution in [0, 0.1) is 6.92 Å². The minimum Gasteiger partial charge on any atom is -0.340 e. The number of H-pyrrole nitrogens is 1. The van der Waals surface area contributed by atoms with Crippen molar-refractivity contribution < 1.29 is 4.79 Å². The third kappa shape index (κ3) is 3.66. The van der Waals surface area contributed by atoms with Crippen LogP contribution in [0.5, 0.6) is 0 Å². The van der Waals surface area contributed by atoms with Crippen LogP contribution < -0.4 is 0 Å². The standard InChI is InChI=1S/C21H26N2O/c1-14(2)17-9-10-18(12-20(24)21-22-13-15(3)23-21)19(11-17)16-7-5-4-6-8-16/h7,9-11,13-14H,4-6,8,12H2,1-3H3,(H,22,23). The molecule has 0 radical (unpaired) electrons. The fourth-order valence-corrected chi connectivity index (χ4v) is 3.30. The number of Topliss-reactive ketones (excluding diaryl/α,β-unsaturated/α-hetero) is 1. The Bertz CT molecular complexity index is 768. The molecule has 0 atom stereocenters. The van der Waals surface area contributed by atoms with Crippen LogP contribution in [-0.2, 0) is 6.42 Å². The van der Waals surface area contributed by atoms with Gasteiger partial charge in [-0.2, -0.15) is 0 Å². The molecule has 1 aliphatic carbocycles. The number of aromatic amines is 1. The van der Waals surface area contributed by atoms with Crippen molar-refractivity contribution in [2.75, 3.05) is 0 Å². The zero-order valence-corrected chi connectivity index (χ0v) is 14.9. The molecule has 0 aliphatic heterocycles. The van der Waals surface area contributed by atoms with Gasteiger partial charge in [0, 0.05) is 18.3 Å². The maximum Gasteiger partial charge on any atom is 0.202 e. The molecular formula is C21H26N2O. The van der Waals surface area contributed by atoms with Crippen molar-refractivity contribution >= 4 is 11.4 Å². The quantitative estimate of drug-likeness (QED) is 0.767. The number of ketones is 1. The predicted molar refractivity (Wildman–Crippen MR) is 98.3 cm³/mol. The summed E-state index contributed by atoms with van der Waals surface area (Å²) in [6, 6.07) is 6.58. The molecule has 0 bridgehead atoms. The molecule has 3 nitrogen and oxygen atoms in total. The Hall–Kier alpha value is -2.16. The molecule has 0 saturated carbocycles. The monoisotopic (exact) mass is 322 g/mol. The first-order valence-corrected chi connectivity index (χ1v) is 8.91. The van der Waals surface area contributed by atoms with Gasteiger partial charge in [-0.3, -0.25) is 4.79 Å². The van der Waals surface area contributed by atoms with Crippen molar-refractivity contribution in [3.8, 4) is 0 Å². The van der Waals surface area contributed by atoms with Gasteiger partial charge in [-0.15, -0.1) is 0 Å². The number of benzene rings is 1. The lowest BCUT2D eigenvalue weighted by atomic mass is 9.86. The topological polar surface area (TPSA) is 45.8 Å². The molecule has 2 aromatic rings. The van der Waals surface area contributed by atoms with E-state index in [0.29, 0.717) is 18.2 Å². The van der Waals surface area contributed by atoms with E-state index in [4.69, 9.17) is 0 Å². The number of aryl methyl sites for hydroxylation is 1. The SMILES string of the molecule is Cc1cnc(C(=O)Cc2ccc(C(C)C)cc2C2=CCCCC2)[nH]1. The number of imidazole rings is 1. The van der Waals surface area contributed by atoms with Gasteiger partial charge >= 0.3 is 0 Å². The first-order valence-electron chi connectivity index (χ1n) is 8.91. The first kappa shape index (κ1) is 16.7. The number of nitrogens with one attached hydrogen (secondary N) is 1. The Kier molecular flexibility index (Phi) is 4.98. The first-order chi connectivity index (χ1) is 11.5. The van der Waals surface area contributed by atoms with Crippen LogP contribution in [0.2, 0.25) is 0 Å². The number of nitrogens with zero attached hydrogens (tertiary/aromatic N) is 1. The van der Waals surface area contributed by atoms with Crippen molar-refractivity contribution in [1.82, 2.24) is 9.97 Å². The van der Waals surface area contributed by atoms with Gasteiger partial charge < -0.3 is 4.98 Å². The van der Waals surface area contributed by atoms with Crippen molar-refractivity contribution in [2.45, 2.75) is 58.8 Å². The summed E-state index contributed by atoms with van der Waals surface area (Å²) in [4.78, 5) is 19.8. The van der Waals surface area contributed by atoms with Gasteiger partial charge in [-0.05, 0) is 60.8 Å². The van der Waals surface area contributed by atoms with Gasteiger partial charge in [0.1, 0.15) is 0 Å². The molecule has 0 amide bonds. The number of carbonyl (C=O) groups excluding carboxylic acids is 1. The van der Waals surface area contributed by atoms with E-state index >= 15 is 0 Å². The average Bonchev–Trinajstić information content (AvgIpc) is 3.02. The van der Waals surface area contributed by atoms with Crippen LogP contribution in [-0.4, -0.2) is 15.8 Å². The summed E-state index contributed by atoms with van der Waals surface area (Å²) in [5.74, 6) is 1.01. The lowest BCUT2D eigenvalue weighted by molar-refractivity contribution is 0.0984. The molecule has 0 fully saturated rings. The van der Waals surface area contributed by atoms with Crippen LogP contribution in [0.25, 0.3) is 5.57 Å². The molecule has 1 aliphatic rings. The van der Waals surface area contributed by atoms with E-state index in [0.717, 1.165) is 24.1 Å². The zero-order chi connectivity index (χ0) is 17.1. The zero-order valence-electron chi connectivity index (χ0n) is 14.9. The molecule has 126 valence electrons. The molecule has 0 spiro atoms. The summed E-state index contributed by atoms with van der Waals surface area (Å²) >= 11 is 0. The lowest BCUT2D eigenvalue weighted by Gasteiger charge is -2.18. The Balaban J connectivity index is 1.94. The highest BCUT2D eigenvalue weighted by atomic mass is 16.1. The molecule has 1 N–H and O–H groups in total. The molecule has 24 heavy (non-hydrogen) atoms. The molecular weight excluding hydrogens is 296 g/mol. The summed E-state index contributed by atoms with van der Waals surface area (Å²) in [6.45, 7) is 6.34. The summed E-state index contributed by atoms with van der Waals surface area (Å²) in [5, 5.41) is 0. The molecule has 0 unspecified atom stereocenters. The molecule has 3 rings (SSSR count). The van der Waals surface area contributed by atoms with Crippen molar-refractivity contribution in [3.05, 3.63) is 58.7 Å². The third-order valence-corrected chi connectivity index (χ3v) is 4.76. The van der Waals surface area contributed by atoms with Gasteiger partial charge in [0.2, 0.25) is 5.78 Å². The molecule has 1 aromatic heterocycles. The van der Waals surface area contributed by atoms with Gasteiger partial charge in [0.05, 0.1) is 0 Å². The third-order valence-electron chi connectivity index (χ3n) is 4.76. The van der Waals surface area contributed by atoms with E-state index in [9.17, 15) is 4.79 Å². The van der Waals surface area contributed by atoms with E-state index in [2.05, 4.69) is 48.1 Å². The second-order valence-electron chi connectivity index (χ2n) is 7.06. The van der Waals surface area contributed by atoms with Gasteiger partial charge in [-0.25, -0.2) is 4.98 Å². The predicted octanol–water partition coefficient (Wildman–Crippen LogP) is 5.22. The number of aromatic nitrogens is 2. The minimum atomic E-state index is 0.0538. The van der Waals surface area contributed by atoms with Crippen LogP contribution in [0.15, 0.2) is 30.5 Å². The van der Waals surface area contributed by atoms with Crippen LogP contribution in [0.4, 0.5) is 0 Å². The van der Waals surface area contributed by atoms with Crippen molar-refractivity contribution in [1.29, 1.82) is 0 Å². The largest absolute Gasteiger partial charge is 0.340 e. The Morgan fingerprint density at radius 3 is 2.75 bits per heavy atom. The Labute approximate surface area is 144 Å². The van der Waals surface area contributed by atoms with Gasteiger partial charge in [0.25, 0.3) is 0 Å². The van der Waals surface area contributed by atoms with E-state index in [1.165, 1.54) is 29.5 Å². The Morgan fingerprint density at radius 2 is 2.12 bits per heavy atom. The number of allylic oxidation sites excluding steroid dienone is 2. The second-order valence-corrected chi connectivity index (χ2v) is 7.06. The van der Waals surface area contributed by atoms with E-state index in [1.807, 2.05) is 6.92 Å². The lowest BCUT2D eigenvalue weighted by Crippen LogP contribution is -2.09. The summed E-state index contributed by atoms with van der Waals surface area (Å²) < 4.78 is 0. The average molecular weight is 322 g/mol. The highest BCUT2D eigenvalue weighted by molar-refractivity contribution is 5.95. The van der Waals surface area contributed by atoms with Crippen molar-refractivity contribution in [2.24, 2.45) is 0 Å². The second kappa shape index (κ2) is 7.16. The smallest absolute Gasteiger partial charge is 0.202 e. The molecule has 1 heterocycles. The van der Waals surface area contributed by atoms with Crippen molar-refractivity contribution in [3.63, 3.8) is 0 Å². The number of rotatable bonds is 5.